The third-order valence-electron chi connectivity index (χ3n) is 6.25. The molecule has 8 heteroatoms. The van der Waals surface area contributed by atoms with E-state index in [1.54, 1.807) is 46.0 Å². The molecular weight excluding hydrogens is 463 g/mol. The molecule has 0 fully saturated rings. The fourth-order valence-corrected chi connectivity index (χ4v) is 5.27. The van der Waals surface area contributed by atoms with Gasteiger partial charge in [-0.05, 0) is 79.2 Å². The summed E-state index contributed by atoms with van der Waals surface area (Å²) in [5.41, 5.74) is 3.35. The first-order chi connectivity index (χ1) is 16.7. The summed E-state index contributed by atoms with van der Waals surface area (Å²) in [6, 6.07) is 17.5. The summed E-state index contributed by atoms with van der Waals surface area (Å²) in [6.45, 7) is 6.11. The summed E-state index contributed by atoms with van der Waals surface area (Å²) in [5, 5.41) is 9.58. The molecule has 3 heterocycles. The van der Waals surface area contributed by atoms with Gasteiger partial charge in [0.25, 0.3) is 5.91 Å². The molecule has 2 amide bonds. The predicted octanol–water partition coefficient (Wildman–Crippen LogP) is 5.10. The lowest BCUT2D eigenvalue weighted by molar-refractivity contribution is -0.126. The highest BCUT2D eigenvalue weighted by Crippen LogP contribution is 2.35. The highest BCUT2D eigenvalue weighted by atomic mass is 32.1. The van der Waals surface area contributed by atoms with Crippen molar-refractivity contribution >= 4 is 28.8 Å². The summed E-state index contributed by atoms with van der Waals surface area (Å²) in [6.07, 6.45) is 0. The first-order valence-corrected chi connectivity index (χ1v) is 12.2. The largest absolute Gasteiger partial charge is 0.350 e. The monoisotopic (exact) mass is 488 g/mol. The van der Waals surface area contributed by atoms with Crippen LogP contribution in [0, 0.1) is 19.7 Å². The smallest absolute Gasteiger partial charge is 0.277 e. The number of aryl methyl sites for hydroxylation is 2. The molecule has 6 nitrogen and oxygen atoms in total. The second-order valence-electron chi connectivity index (χ2n) is 9.12. The van der Waals surface area contributed by atoms with Gasteiger partial charge in [0, 0.05) is 12.2 Å². The van der Waals surface area contributed by atoms with Gasteiger partial charge in [0.05, 0.1) is 11.4 Å². The SMILES string of the molecule is Cc1cc(C)cc(N2C(=O)c3cc(-c4cccs4)nn3CC2(C)C(=O)NCc2ccc(F)cc2)c1. The van der Waals surface area contributed by atoms with E-state index >= 15 is 0 Å². The van der Waals surface area contributed by atoms with Crippen molar-refractivity contribution in [1.82, 2.24) is 15.1 Å². The van der Waals surface area contributed by atoms with Crippen molar-refractivity contribution in [3.8, 4) is 10.6 Å². The Morgan fingerprint density at radius 3 is 2.49 bits per heavy atom. The molecule has 0 saturated heterocycles. The standard InChI is InChI=1S/C27H25FN4O2S/c1-17-11-18(2)13-21(12-17)32-25(33)23-14-22(24-5-4-10-35-24)30-31(23)16-27(32,3)26(34)29-15-19-6-8-20(28)9-7-19/h4-14H,15-16H2,1-3H3,(H,29,34). The van der Waals surface area contributed by atoms with Crippen molar-refractivity contribution < 1.29 is 14.0 Å². The molecule has 2 aromatic heterocycles. The Hall–Kier alpha value is -3.78. The van der Waals surface area contributed by atoms with Crippen molar-refractivity contribution in [2.24, 2.45) is 0 Å². The zero-order chi connectivity index (χ0) is 24.7. The summed E-state index contributed by atoms with van der Waals surface area (Å²) in [4.78, 5) is 30.1. The molecule has 4 aromatic rings. The second-order valence-corrected chi connectivity index (χ2v) is 10.1. The van der Waals surface area contributed by atoms with E-state index in [-0.39, 0.29) is 30.7 Å². The lowest BCUT2D eigenvalue weighted by atomic mass is 9.93. The van der Waals surface area contributed by atoms with Crippen molar-refractivity contribution in [2.45, 2.75) is 39.4 Å². The lowest BCUT2D eigenvalue weighted by Gasteiger charge is -2.43. The Labute approximate surface area is 207 Å². The first-order valence-electron chi connectivity index (χ1n) is 11.3. The van der Waals surface area contributed by atoms with E-state index in [1.807, 2.05) is 49.6 Å². The van der Waals surface area contributed by atoms with Gasteiger partial charge < -0.3 is 5.32 Å². The van der Waals surface area contributed by atoms with E-state index < -0.39 is 5.54 Å². The van der Waals surface area contributed by atoms with Gasteiger partial charge in [-0.15, -0.1) is 11.3 Å². The Morgan fingerprint density at radius 1 is 1.11 bits per heavy atom. The van der Waals surface area contributed by atoms with Crippen LogP contribution < -0.4 is 10.2 Å². The van der Waals surface area contributed by atoms with Crippen molar-refractivity contribution in [3.63, 3.8) is 0 Å². The molecule has 1 N–H and O–H groups in total. The van der Waals surface area contributed by atoms with Crippen LogP contribution in [0.25, 0.3) is 10.6 Å². The number of benzene rings is 2. The minimum absolute atomic E-state index is 0.196. The van der Waals surface area contributed by atoms with Crippen molar-refractivity contribution in [2.75, 3.05) is 4.90 Å². The maximum absolute atomic E-state index is 13.9. The van der Waals surface area contributed by atoms with Gasteiger partial charge in [0.2, 0.25) is 5.91 Å². The molecule has 1 atom stereocenters. The molecule has 0 radical (unpaired) electrons. The molecular formula is C27H25FN4O2S. The quantitative estimate of drug-likeness (QED) is 0.425. The zero-order valence-electron chi connectivity index (χ0n) is 19.7. The summed E-state index contributed by atoms with van der Waals surface area (Å²) >= 11 is 1.55. The number of thiophene rings is 1. The molecule has 0 saturated carbocycles. The van der Waals surface area contributed by atoms with E-state index in [0.29, 0.717) is 17.1 Å². The zero-order valence-corrected chi connectivity index (χ0v) is 20.5. The number of halogens is 1. The number of amides is 2. The molecule has 2 aromatic carbocycles. The maximum atomic E-state index is 13.9. The Bertz CT molecular complexity index is 1390. The van der Waals surface area contributed by atoms with Crippen LogP contribution in [0.2, 0.25) is 0 Å². The second kappa shape index (κ2) is 8.78. The summed E-state index contributed by atoms with van der Waals surface area (Å²) in [5.74, 6) is -0.928. The van der Waals surface area contributed by atoms with Gasteiger partial charge in [-0.2, -0.15) is 5.10 Å². The van der Waals surface area contributed by atoms with Crippen LogP contribution in [-0.2, 0) is 17.9 Å². The van der Waals surface area contributed by atoms with Gasteiger partial charge >= 0.3 is 0 Å². The van der Waals surface area contributed by atoms with Gasteiger partial charge in [-0.1, -0.05) is 24.3 Å². The van der Waals surface area contributed by atoms with Gasteiger partial charge in [0.15, 0.2) is 0 Å². The Balaban J connectivity index is 1.55. The number of hydrogen-bond donors (Lipinski definition) is 1. The van der Waals surface area contributed by atoms with Crippen LogP contribution >= 0.6 is 11.3 Å². The Morgan fingerprint density at radius 2 is 1.83 bits per heavy atom. The number of carbonyl (C=O) groups is 2. The molecule has 1 unspecified atom stereocenters. The van der Waals surface area contributed by atoms with Crippen LogP contribution in [0.4, 0.5) is 10.1 Å². The van der Waals surface area contributed by atoms with Crippen molar-refractivity contribution in [3.05, 3.63) is 94.2 Å². The minimum Gasteiger partial charge on any atom is -0.350 e. The van der Waals surface area contributed by atoms with E-state index in [2.05, 4.69) is 10.4 Å². The highest BCUT2D eigenvalue weighted by molar-refractivity contribution is 7.13. The fourth-order valence-electron chi connectivity index (χ4n) is 4.59. The van der Waals surface area contributed by atoms with Crippen LogP contribution in [0.3, 0.4) is 0 Å². The van der Waals surface area contributed by atoms with Gasteiger partial charge in [0.1, 0.15) is 22.7 Å². The molecule has 35 heavy (non-hydrogen) atoms. The number of hydrogen-bond acceptors (Lipinski definition) is 4. The van der Waals surface area contributed by atoms with Gasteiger partial charge in [-0.25, -0.2) is 4.39 Å². The van der Waals surface area contributed by atoms with Crippen LogP contribution in [-0.4, -0.2) is 27.1 Å². The minimum atomic E-state index is -1.23. The first kappa shape index (κ1) is 23.0. The summed E-state index contributed by atoms with van der Waals surface area (Å²) in [7, 11) is 0. The Kier molecular flexibility index (Phi) is 5.76. The van der Waals surface area contributed by atoms with Crippen LogP contribution in [0.15, 0.2) is 66.0 Å². The average molecular weight is 489 g/mol. The van der Waals surface area contributed by atoms with Crippen molar-refractivity contribution in [1.29, 1.82) is 0 Å². The van der Waals surface area contributed by atoms with E-state index in [0.717, 1.165) is 21.6 Å². The number of anilines is 1. The summed E-state index contributed by atoms with van der Waals surface area (Å²) < 4.78 is 14.9. The number of nitrogens with one attached hydrogen (secondary N) is 1. The third-order valence-corrected chi connectivity index (χ3v) is 7.14. The number of fused-ring (bicyclic) bond motifs is 1. The normalized spacial score (nSPS) is 17.4. The molecule has 0 spiro atoms. The van der Waals surface area contributed by atoms with E-state index in [9.17, 15) is 14.0 Å². The number of aromatic nitrogens is 2. The van der Waals surface area contributed by atoms with Gasteiger partial charge in [-0.3, -0.25) is 19.2 Å². The third kappa shape index (κ3) is 4.25. The molecule has 1 aliphatic rings. The molecule has 1 aliphatic heterocycles. The predicted molar refractivity (Wildman–Crippen MR) is 135 cm³/mol. The molecule has 0 bridgehead atoms. The number of nitrogens with zero attached hydrogens (tertiary/aromatic N) is 3. The molecule has 5 rings (SSSR count). The lowest BCUT2D eigenvalue weighted by Crippen LogP contribution is -2.64. The van der Waals surface area contributed by atoms with Crippen LogP contribution in [0.5, 0.6) is 0 Å². The number of rotatable bonds is 5. The topological polar surface area (TPSA) is 67.2 Å². The highest BCUT2D eigenvalue weighted by Gasteiger charge is 2.49. The molecule has 0 aliphatic carbocycles. The van der Waals surface area contributed by atoms with E-state index in [1.165, 1.54) is 12.1 Å². The maximum Gasteiger partial charge on any atom is 0.277 e. The van der Waals surface area contributed by atoms with E-state index in [4.69, 9.17) is 0 Å². The average Bonchev–Trinajstić information content (AvgIpc) is 3.48. The van der Waals surface area contributed by atoms with Crippen LogP contribution in [0.1, 0.15) is 34.1 Å². The fraction of sp³-hybridized carbons (Fsp3) is 0.222. The molecule has 178 valence electrons. The number of carbonyl (C=O) groups excluding carboxylic acids is 2.